The summed E-state index contributed by atoms with van der Waals surface area (Å²) >= 11 is 4.47. The van der Waals surface area contributed by atoms with E-state index in [0.717, 1.165) is 0 Å². The highest BCUT2D eigenvalue weighted by atomic mass is 32.1. The molecule has 1 aromatic rings. The number of hydrogen-bond acceptors (Lipinski definition) is 4. The molecule has 0 atom stereocenters. The van der Waals surface area contributed by atoms with Gasteiger partial charge in [-0.05, 0) is 24.4 Å². The van der Waals surface area contributed by atoms with Crippen molar-refractivity contribution in [3.05, 3.63) is 24.2 Å². The number of nitrogens with one attached hydrogen (secondary N) is 1. The van der Waals surface area contributed by atoms with Gasteiger partial charge in [0.2, 0.25) is 5.71 Å². The quantitative estimate of drug-likeness (QED) is 0.368. The van der Waals surface area contributed by atoms with Crippen LogP contribution < -0.4 is 11.2 Å². The Balaban J connectivity index is 2.91. The number of hydrazone groups is 1. The van der Waals surface area contributed by atoms with E-state index in [1.807, 2.05) is 0 Å². The molecule has 0 amide bonds. The second-order valence-corrected chi connectivity index (χ2v) is 2.66. The van der Waals surface area contributed by atoms with Gasteiger partial charge in [0, 0.05) is 0 Å². The Bertz CT molecular complexity index is 372. The Hall–Kier alpha value is -1.89. The van der Waals surface area contributed by atoms with Gasteiger partial charge >= 0.3 is 5.97 Å². The van der Waals surface area contributed by atoms with Gasteiger partial charge < -0.3 is 15.3 Å². The number of nitrogens with two attached hydrogens (primary N) is 1. The van der Waals surface area contributed by atoms with E-state index >= 15 is 0 Å². The standard InChI is InChI=1S/C7H7N3O3S/c8-7(14)10-9-5(6(11)12)4-2-1-3-13-4/h1-3H,(H,11,12)(H3,8,10,14)/b9-5+. The van der Waals surface area contributed by atoms with Crippen LogP contribution in [-0.2, 0) is 4.79 Å². The first-order valence-corrected chi connectivity index (χ1v) is 3.92. The fourth-order valence-electron chi connectivity index (χ4n) is 0.733. The zero-order chi connectivity index (χ0) is 10.6. The number of rotatable bonds is 3. The van der Waals surface area contributed by atoms with Gasteiger partial charge in [-0.3, -0.25) is 5.43 Å². The van der Waals surface area contributed by atoms with Crippen LogP contribution in [-0.4, -0.2) is 21.9 Å². The predicted molar refractivity (Wildman–Crippen MR) is 52.8 cm³/mol. The highest BCUT2D eigenvalue weighted by Gasteiger charge is 2.15. The van der Waals surface area contributed by atoms with E-state index in [1.165, 1.54) is 12.3 Å². The molecular formula is C7H7N3O3S. The smallest absolute Gasteiger partial charge is 0.360 e. The summed E-state index contributed by atoms with van der Waals surface area (Å²) in [5.41, 5.74) is 6.97. The number of furan rings is 1. The molecular weight excluding hydrogens is 206 g/mol. The summed E-state index contributed by atoms with van der Waals surface area (Å²) < 4.78 is 4.85. The highest BCUT2D eigenvalue weighted by Crippen LogP contribution is 2.02. The maximum Gasteiger partial charge on any atom is 0.360 e. The molecule has 6 nitrogen and oxygen atoms in total. The lowest BCUT2D eigenvalue weighted by atomic mass is 10.3. The molecule has 0 fully saturated rings. The fourth-order valence-corrected chi connectivity index (χ4v) is 0.778. The number of hydrogen-bond donors (Lipinski definition) is 3. The van der Waals surface area contributed by atoms with Crippen molar-refractivity contribution in [2.24, 2.45) is 10.8 Å². The van der Waals surface area contributed by atoms with Crippen molar-refractivity contribution in [2.75, 3.05) is 0 Å². The third-order valence-electron chi connectivity index (χ3n) is 1.24. The maximum atomic E-state index is 10.7. The van der Waals surface area contributed by atoms with Crippen molar-refractivity contribution in [1.82, 2.24) is 5.43 Å². The first kappa shape index (κ1) is 10.2. The Kier molecular flexibility index (Phi) is 3.19. The average Bonchev–Trinajstić information content (AvgIpc) is 2.56. The van der Waals surface area contributed by atoms with E-state index in [0.29, 0.717) is 0 Å². The van der Waals surface area contributed by atoms with Gasteiger partial charge in [0.15, 0.2) is 10.9 Å². The van der Waals surface area contributed by atoms with Crippen LogP contribution in [0.4, 0.5) is 0 Å². The molecule has 7 heteroatoms. The van der Waals surface area contributed by atoms with Gasteiger partial charge in [-0.25, -0.2) is 4.79 Å². The molecule has 0 aromatic carbocycles. The summed E-state index contributed by atoms with van der Waals surface area (Å²) in [7, 11) is 0. The molecule has 1 rings (SSSR count). The number of carboxylic acids is 1. The summed E-state index contributed by atoms with van der Waals surface area (Å²) in [4.78, 5) is 10.7. The molecule has 74 valence electrons. The lowest BCUT2D eigenvalue weighted by Crippen LogP contribution is -2.27. The Morgan fingerprint density at radius 1 is 1.71 bits per heavy atom. The van der Waals surface area contributed by atoms with Crippen molar-refractivity contribution in [1.29, 1.82) is 0 Å². The van der Waals surface area contributed by atoms with E-state index in [9.17, 15) is 4.79 Å². The number of carboxylic acid groups (broad SMARTS) is 1. The van der Waals surface area contributed by atoms with Crippen LogP contribution in [0.5, 0.6) is 0 Å². The molecule has 0 bridgehead atoms. The van der Waals surface area contributed by atoms with E-state index in [2.05, 4.69) is 22.7 Å². The third kappa shape index (κ3) is 2.56. The first-order valence-electron chi connectivity index (χ1n) is 3.51. The van der Waals surface area contributed by atoms with Gasteiger partial charge in [0.1, 0.15) is 0 Å². The van der Waals surface area contributed by atoms with E-state index in [1.54, 1.807) is 6.07 Å². The lowest BCUT2D eigenvalue weighted by Gasteiger charge is -1.98. The van der Waals surface area contributed by atoms with Crippen molar-refractivity contribution in [3.63, 3.8) is 0 Å². The largest absolute Gasteiger partial charge is 0.476 e. The van der Waals surface area contributed by atoms with Crippen LogP contribution in [0.2, 0.25) is 0 Å². The SMILES string of the molecule is NC(=S)N/N=C(/C(=O)O)c1ccco1. The second kappa shape index (κ2) is 4.38. The van der Waals surface area contributed by atoms with Crippen LogP contribution in [0.15, 0.2) is 27.9 Å². The summed E-state index contributed by atoms with van der Waals surface area (Å²) in [6, 6.07) is 3.02. The zero-order valence-electron chi connectivity index (χ0n) is 6.93. The Morgan fingerprint density at radius 2 is 2.43 bits per heavy atom. The molecule has 0 aliphatic heterocycles. The summed E-state index contributed by atoms with van der Waals surface area (Å²) in [5, 5.41) is 12.1. The lowest BCUT2D eigenvalue weighted by molar-refractivity contribution is -0.129. The van der Waals surface area contributed by atoms with Gasteiger partial charge in [-0.2, -0.15) is 5.10 Å². The van der Waals surface area contributed by atoms with E-state index in [4.69, 9.17) is 15.3 Å². The Labute approximate surface area is 84.4 Å². The van der Waals surface area contributed by atoms with Crippen molar-refractivity contribution < 1.29 is 14.3 Å². The van der Waals surface area contributed by atoms with Crippen LogP contribution in [0.25, 0.3) is 0 Å². The normalized spacial score (nSPS) is 11.0. The van der Waals surface area contributed by atoms with Gasteiger partial charge in [0.25, 0.3) is 0 Å². The molecule has 1 aromatic heterocycles. The fraction of sp³-hybridized carbons (Fsp3) is 0. The molecule has 0 radical (unpaired) electrons. The predicted octanol–water partition coefficient (Wildman–Crippen LogP) is -0.0985. The minimum atomic E-state index is -1.23. The second-order valence-electron chi connectivity index (χ2n) is 2.22. The van der Waals surface area contributed by atoms with Crippen molar-refractivity contribution in [2.45, 2.75) is 0 Å². The van der Waals surface area contributed by atoms with E-state index < -0.39 is 5.97 Å². The summed E-state index contributed by atoms with van der Waals surface area (Å²) in [6.45, 7) is 0. The summed E-state index contributed by atoms with van der Waals surface area (Å²) in [5.74, 6) is -1.11. The molecule has 0 saturated heterocycles. The van der Waals surface area contributed by atoms with Crippen molar-refractivity contribution >= 4 is 29.0 Å². The zero-order valence-corrected chi connectivity index (χ0v) is 7.75. The van der Waals surface area contributed by atoms with Gasteiger partial charge in [0.05, 0.1) is 6.26 Å². The molecule has 0 unspecified atom stereocenters. The van der Waals surface area contributed by atoms with Crippen molar-refractivity contribution in [3.8, 4) is 0 Å². The molecule has 14 heavy (non-hydrogen) atoms. The van der Waals surface area contributed by atoms with Crippen LogP contribution >= 0.6 is 12.2 Å². The highest BCUT2D eigenvalue weighted by molar-refractivity contribution is 7.80. The molecule has 0 spiro atoms. The third-order valence-corrected chi connectivity index (χ3v) is 1.33. The number of nitrogens with zero attached hydrogens (tertiary/aromatic N) is 1. The summed E-state index contributed by atoms with van der Waals surface area (Å²) in [6.07, 6.45) is 1.34. The monoisotopic (exact) mass is 213 g/mol. The number of carbonyl (C=O) groups is 1. The number of thiocarbonyl (C=S) groups is 1. The van der Waals surface area contributed by atoms with Crippen LogP contribution in [0.1, 0.15) is 5.76 Å². The maximum absolute atomic E-state index is 10.7. The Morgan fingerprint density at radius 3 is 2.86 bits per heavy atom. The molecule has 0 saturated carbocycles. The average molecular weight is 213 g/mol. The minimum absolute atomic E-state index is 0.115. The molecule has 1 heterocycles. The molecule has 0 aliphatic rings. The first-order chi connectivity index (χ1) is 6.61. The molecule has 0 aliphatic carbocycles. The van der Waals surface area contributed by atoms with Gasteiger partial charge in [-0.15, -0.1) is 0 Å². The van der Waals surface area contributed by atoms with E-state index in [-0.39, 0.29) is 16.6 Å². The van der Waals surface area contributed by atoms with Gasteiger partial charge in [-0.1, -0.05) is 0 Å². The van der Waals surface area contributed by atoms with Crippen LogP contribution in [0.3, 0.4) is 0 Å². The molecule has 4 N–H and O–H groups in total. The van der Waals surface area contributed by atoms with Crippen LogP contribution in [0, 0.1) is 0 Å². The topological polar surface area (TPSA) is 101 Å². The number of aliphatic carboxylic acids is 1. The minimum Gasteiger partial charge on any atom is -0.476 e.